The Kier molecular flexibility index (Phi) is 2.04. The van der Waals surface area contributed by atoms with Crippen molar-refractivity contribution in [3.05, 3.63) is 46.0 Å². The van der Waals surface area contributed by atoms with E-state index in [1.807, 2.05) is 12.1 Å². The molecule has 0 aliphatic rings. The molecule has 2 aromatic rings. The molecule has 0 aliphatic carbocycles. The molecular formula is C11H9NO3. The topological polar surface area (TPSA) is 63.4 Å². The summed E-state index contributed by atoms with van der Waals surface area (Å²) in [5.74, 6) is -0.254. The van der Waals surface area contributed by atoms with E-state index in [0.717, 1.165) is 5.39 Å². The number of nitro benzene ring substituents is 1. The van der Waals surface area contributed by atoms with Crippen LogP contribution in [0.1, 0.15) is 5.56 Å². The minimum Gasteiger partial charge on any atom is -0.502 e. The Morgan fingerprint density at radius 2 is 2.00 bits per heavy atom. The molecule has 0 unspecified atom stereocenters. The van der Waals surface area contributed by atoms with Gasteiger partial charge < -0.3 is 5.11 Å². The van der Waals surface area contributed by atoms with Crippen molar-refractivity contribution in [2.75, 3.05) is 0 Å². The van der Waals surface area contributed by atoms with Crippen LogP contribution < -0.4 is 0 Å². The fourth-order valence-corrected chi connectivity index (χ4v) is 1.68. The lowest BCUT2D eigenvalue weighted by molar-refractivity contribution is -0.386. The number of phenols is 1. The van der Waals surface area contributed by atoms with Gasteiger partial charge in [0.15, 0.2) is 0 Å². The van der Waals surface area contributed by atoms with Gasteiger partial charge in [0.05, 0.1) is 4.92 Å². The van der Waals surface area contributed by atoms with Crippen LogP contribution in [0.2, 0.25) is 0 Å². The summed E-state index contributed by atoms with van der Waals surface area (Å²) in [5, 5.41) is 21.8. The van der Waals surface area contributed by atoms with Crippen molar-refractivity contribution in [3.63, 3.8) is 0 Å². The Morgan fingerprint density at radius 1 is 1.33 bits per heavy atom. The van der Waals surface area contributed by atoms with Crippen molar-refractivity contribution in [2.24, 2.45) is 0 Å². The van der Waals surface area contributed by atoms with Crippen molar-refractivity contribution in [2.45, 2.75) is 6.92 Å². The maximum Gasteiger partial charge on any atom is 0.314 e. The molecule has 0 aromatic heterocycles. The molecule has 0 amide bonds. The van der Waals surface area contributed by atoms with Crippen molar-refractivity contribution in [1.82, 2.24) is 0 Å². The summed E-state index contributed by atoms with van der Waals surface area (Å²) in [7, 11) is 0. The first-order valence-electron chi connectivity index (χ1n) is 4.47. The highest BCUT2D eigenvalue weighted by molar-refractivity contribution is 5.92. The molecule has 0 bridgehead atoms. The van der Waals surface area contributed by atoms with Gasteiger partial charge >= 0.3 is 5.69 Å². The quantitative estimate of drug-likeness (QED) is 0.572. The Bertz CT molecular complexity index is 549. The molecular weight excluding hydrogens is 194 g/mol. The third-order valence-electron chi connectivity index (χ3n) is 2.37. The molecule has 0 saturated carbocycles. The molecule has 0 spiro atoms. The van der Waals surface area contributed by atoms with E-state index in [1.165, 1.54) is 0 Å². The molecule has 0 aliphatic heterocycles. The first kappa shape index (κ1) is 9.45. The number of fused-ring (bicyclic) bond motifs is 1. The lowest BCUT2D eigenvalue weighted by atomic mass is 10.0. The molecule has 0 radical (unpaired) electrons. The molecule has 1 N–H and O–H groups in total. The second-order valence-electron chi connectivity index (χ2n) is 3.37. The lowest BCUT2D eigenvalue weighted by Gasteiger charge is -2.04. The van der Waals surface area contributed by atoms with E-state index < -0.39 is 4.92 Å². The standard InChI is InChI=1S/C11H9NO3/c1-7-6-8-4-2-3-5-9(8)11(13)10(7)12(14)15/h2-6,13H,1H3. The zero-order valence-electron chi connectivity index (χ0n) is 8.10. The molecule has 2 aromatic carbocycles. The number of aromatic hydroxyl groups is 1. The molecule has 0 atom stereocenters. The van der Waals surface area contributed by atoms with E-state index in [1.54, 1.807) is 25.1 Å². The number of nitro groups is 1. The van der Waals surface area contributed by atoms with E-state index in [2.05, 4.69) is 0 Å². The summed E-state index contributed by atoms with van der Waals surface area (Å²) in [6.45, 7) is 1.62. The van der Waals surface area contributed by atoms with Crippen LogP contribution in [0.25, 0.3) is 10.8 Å². The highest BCUT2D eigenvalue weighted by atomic mass is 16.6. The number of hydrogen-bond acceptors (Lipinski definition) is 3. The van der Waals surface area contributed by atoms with E-state index in [9.17, 15) is 15.2 Å². The normalized spacial score (nSPS) is 10.5. The molecule has 76 valence electrons. The smallest absolute Gasteiger partial charge is 0.314 e. The fraction of sp³-hybridized carbons (Fsp3) is 0.0909. The largest absolute Gasteiger partial charge is 0.502 e. The van der Waals surface area contributed by atoms with Gasteiger partial charge in [-0.1, -0.05) is 24.3 Å². The molecule has 0 fully saturated rings. The number of benzene rings is 2. The van der Waals surface area contributed by atoms with Crippen molar-refractivity contribution in [3.8, 4) is 5.75 Å². The van der Waals surface area contributed by atoms with Gasteiger partial charge in [0, 0.05) is 10.9 Å². The van der Waals surface area contributed by atoms with Gasteiger partial charge in [-0.15, -0.1) is 0 Å². The number of aryl methyl sites for hydroxylation is 1. The van der Waals surface area contributed by atoms with E-state index in [0.29, 0.717) is 10.9 Å². The summed E-state index contributed by atoms with van der Waals surface area (Å²) in [5.41, 5.74) is 0.255. The minimum atomic E-state index is -0.558. The van der Waals surface area contributed by atoms with E-state index >= 15 is 0 Å². The summed E-state index contributed by atoms with van der Waals surface area (Å²) < 4.78 is 0. The Hall–Kier alpha value is -2.10. The molecule has 15 heavy (non-hydrogen) atoms. The third kappa shape index (κ3) is 1.40. The number of rotatable bonds is 1. The van der Waals surface area contributed by atoms with Crippen LogP contribution in [0.4, 0.5) is 5.69 Å². The van der Waals surface area contributed by atoms with Gasteiger partial charge in [0.25, 0.3) is 0 Å². The first-order chi connectivity index (χ1) is 7.11. The molecule has 4 heteroatoms. The van der Waals surface area contributed by atoms with Crippen LogP contribution in [-0.4, -0.2) is 10.0 Å². The van der Waals surface area contributed by atoms with Crippen LogP contribution in [-0.2, 0) is 0 Å². The maximum absolute atomic E-state index is 10.7. The van der Waals surface area contributed by atoms with Gasteiger partial charge in [-0.3, -0.25) is 10.1 Å². The van der Waals surface area contributed by atoms with Crippen LogP contribution in [0, 0.1) is 17.0 Å². The van der Waals surface area contributed by atoms with Crippen LogP contribution in [0.3, 0.4) is 0 Å². The summed E-state index contributed by atoms with van der Waals surface area (Å²) in [6.07, 6.45) is 0. The zero-order chi connectivity index (χ0) is 11.0. The second kappa shape index (κ2) is 3.24. The monoisotopic (exact) mass is 203 g/mol. The van der Waals surface area contributed by atoms with E-state index in [4.69, 9.17) is 0 Å². The first-order valence-corrected chi connectivity index (χ1v) is 4.47. The number of hydrogen-bond donors (Lipinski definition) is 1. The van der Waals surface area contributed by atoms with Crippen LogP contribution >= 0.6 is 0 Å². The van der Waals surface area contributed by atoms with E-state index in [-0.39, 0.29) is 11.4 Å². The maximum atomic E-state index is 10.7. The highest BCUT2D eigenvalue weighted by Gasteiger charge is 2.19. The van der Waals surface area contributed by atoms with Crippen molar-refractivity contribution < 1.29 is 10.0 Å². The highest BCUT2D eigenvalue weighted by Crippen LogP contribution is 2.36. The van der Waals surface area contributed by atoms with Crippen molar-refractivity contribution in [1.29, 1.82) is 0 Å². The Balaban J connectivity index is 2.90. The van der Waals surface area contributed by atoms with Gasteiger partial charge in [0.1, 0.15) is 0 Å². The minimum absolute atomic E-state index is 0.214. The van der Waals surface area contributed by atoms with Crippen LogP contribution in [0.15, 0.2) is 30.3 Å². The average Bonchev–Trinajstić information content (AvgIpc) is 2.17. The predicted octanol–water partition coefficient (Wildman–Crippen LogP) is 2.76. The van der Waals surface area contributed by atoms with Crippen molar-refractivity contribution >= 4 is 16.5 Å². The molecule has 0 saturated heterocycles. The zero-order valence-corrected chi connectivity index (χ0v) is 8.10. The SMILES string of the molecule is Cc1cc2ccccc2c(O)c1[N+](=O)[O-]. The van der Waals surface area contributed by atoms with Gasteiger partial charge in [-0.2, -0.15) is 0 Å². The second-order valence-corrected chi connectivity index (χ2v) is 3.37. The Labute approximate surface area is 85.9 Å². The number of phenolic OH excluding ortho intramolecular Hbond substituents is 1. The fourth-order valence-electron chi connectivity index (χ4n) is 1.68. The molecule has 0 heterocycles. The van der Waals surface area contributed by atoms with Gasteiger partial charge in [-0.05, 0) is 18.4 Å². The predicted molar refractivity (Wildman–Crippen MR) is 57.0 cm³/mol. The summed E-state index contributed by atoms with van der Waals surface area (Å²) >= 11 is 0. The average molecular weight is 203 g/mol. The lowest BCUT2D eigenvalue weighted by Crippen LogP contribution is -1.92. The summed E-state index contributed by atoms with van der Waals surface area (Å²) in [4.78, 5) is 10.2. The molecule has 2 rings (SSSR count). The van der Waals surface area contributed by atoms with Gasteiger partial charge in [0.2, 0.25) is 5.75 Å². The Morgan fingerprint density at radius 3 is 2.67 bits per heavy atom. The number of nitrogens with zero attached hydrogens (tertiary/aromatic N) is 1. The molecule has 4 nitrogen and oxygen atoms in total. The summed E-state index contributed by atoms with van der Waals surface area (Å²) in [6, 6.07) is 8.74. The van der Waals surface area contributed by atoms with Gasteiger partial charge in [-0.25, -0.2) is 0 Å². The third-order valence-corrected chi connectivity index (χ3v) is 2.37. The van der Waals surface area contributed by atoms with Crippen LogP contribution in [0.5, 0.6) is 5.75 Å².